The lowest BCUT2D eigenvalue weighted by molar-refractivity contribution is -0.373. The van der Waals surface area contributed by atoms with E-state index in [1.165, 1.54) is 19.5 Å². The molecule has 8 N–H and O–H groups in total. The van der Waals surface area contributed by atoms with E-state index in [1.54, 1.807) is 42.5 Å². The number of benzene rings is 2. The number of aromatic nitrogens is 3. The Morgan fingerprint density at radius 1 is 1.10 bits per heavy atom. The molecular weight excluding hydrogens is 534 g/mol. The Balaban J connectivity index is 1.72. The fraction of sp³-hybridized carbons (Fsp3) is 0.222. The average Bonchev–Trinajstić information content (AvgIpc) is 3.30. The summed E-state index contributed by atoms with van der Waals surface area (Å²) in [6, 6.07) is 11.7. The predicted molar refractivity (Wildman–Crippen MR) is 153 cm³/mol. The third-order valence-corrected chi connectivity index (χ3v) is 5.95. The second-order valence-electron chi connectivity index (χ2n) is 9.24. The van der Waals surface area contributed by atoms with E-state index >= 15 is 0 Å². The third-order valence-electron chi connectivity index (χ3n) is 5.95. The second-order valence-corrected chi connectivity index (χ2v) is 9.24. The molecule has 14 heteroatoms. The lowest BCUT2D eigenvalue weighted by atomic mass is 10.1. The van der Waals surface area contributed by atoms with Crippen LogP contribution in [0.15, 0.2) is 66.9 Å². The fourth-order valence-corrected chi connectivity index (χ4v) is 4.12. The minimum absolute atomic E-state index is 0.152. The second kappa shape index (κ2) is 12.1. The highest BCUT2D eigenvalue weighted by Crippen LogP contribution is 2.37. The Hall–Kier alpha value is -4.89. The number of hydrogen-bond acceptors (Lipinski definition) is 12. The van der Waals surface area contributed by atoms with Crippen LogP contribution in [-0.2, 0) is 10.9 Å². The molecule has 41 heavy (non-hydrogen) atoms. The molecule has 1 amide bonds. The van der Waals surface area contributed by atoms with Gasteiger partial charge < -0.3 is 51.1 Å². The van der Waals surface area contributed by atoms with Gasteiger partial charge >= 0.3 is 6.10 Å². The summed E-state index contributed by atoms with van der Waals surface area (Å²) in [6.45, 7) is 1.25. The Morgan fingerprint density at radius 2 is 1.85 bits per heavy atom. The molecular formula is C27H31N7O7. The Morgan fingerprint density at radius 3 is 2.54 bits per heavy atom. The summed E-state index contributed by atoms with van der Waals surface area (Å²) in [5, 5.41) is 57.2. The van der Waals surface area contributed by atoms with E-state index in [-0.39, 0.29) is 5.95 Å². The van der Waals surface area contributed by atoms with E-state index in [2.05, 4.69) is 25.9 Å². The number of aliphatic hydroxyl groups excluding tert-OH is 1. The van der Waals surface area contributed by atoms with Crippen molar-refractivity contribution < 1.29 is 35.1 Å². The van der Waals surface area contributed by atoms with Crippen LogP contribution in [0, 0.1) is 0 Å². The standard InChI is InChI=1S/C27H31N7O7/c1-33(2)11-10-28-19-13-23(41-3)21(12-20(19)30-24(35)14-25(36)37)32-26-29-9-8-18(31-26)17-15-34(27(38,39)40)22-7-5-4-6-16(17)22/h4-9,12-15,28,36-40H,10-11H2,1-3H3,(H,30,35)(H,29,31,32). The first-order chi connectivity index (χ1) is 19.5. The van der Waals surface area contributed by atoms with Gasteiger partial charge in [-0.3, -0.25) is 9.36 Å². The van der Waals surface area contributed by atoms with Crippen molar-refractivity contribution in [1.82, 2.24) is 19.4 Å². The molecule has 0 saturated carbocycles. The minimum Gasteiger partial charge on any atom is -0.494 e. The molecule has 0 bridgehead atoms. The maximum Gasteiger partial charge on any atom is 0.373 e. The Bertz CT molecular complexity index is 1570. The van der Waals surface area contributed by atoms with Crippen LogP contribution >= 0.6 is 0 Å². The van der Waals surface area contributed by atoms with Gasteiger partial charge in [-0.1, -0.05) is 18.2 Å². The van der Waals surface area contributed by atoms with Gasteiger partial charge in [0.2, 0.25) is 5.95 Å². The Labute approximate surface area is 234 Å². The number of amides is 1. The molecule has 0 aliphatic heterocycles. The smallest absolute Gasteiger partial charge is 0.373 e. The molecule has 0 unspecified atom stereocenters. The molecule has 0 saturated heterocycles. The van der Waals surface area contributed by atoms with E-state index in [4.69, 9.17) is 14.9 Å². The first-order valence-electron chi connectivity index (χ1n) is 12.4. The zero-order valence-electron chi connectivity index (χ0n) is 22.5. The van der Waals surface area contributed by atoms with Gasteiger partial charge in [0.25, 0.3) is 11.9 Å². The molecule has 2 aromatic heterocycles. The SMILES string of the molecule is COc1cc(NCCN(C)C)c(NC(=O)C=C(O)O)cc1Nc1nccc(-c2cn(C(O)(O)O)c3ccccc23)n1. The summed E-state index contributed by atoms with van der Waals surface area (Å²) < 4.78 is 6.47. The van der Waals surface area contributed by atoms with Gasteiger partial charge in [0.05, 0.1) is 41.5 Å². The summed E-state index contributed by atoms with van der Waals surface area (Å²) in [5.74, 6) is -1.35. The highest BCUT2D eigenvalue weighted by molar-refractivity contribution is 6.02. The molecule has 4 aromatic rings. The molecule has 2 aromatic carbocycles. The van der Waals surface area contributed by atoms with Crippen LogP contribution in [-0.4, -0.2) is 85.2 Å². The monoisotopic (exact) mass is 565 g/mol. The largest absolute Gasteiger partial charge is 0.494 e. The number of nitrogens with one attached hydrogen (secondary N) is 3. The van der Waals surface area contributed by atoms with Crippen molar-refractivity contribution in [3.8, 4) is 17.0 Å². The maximum absolute atomic E-state index is 12.3. The molecule has 14 nitrogen and oxygen atoms in total. The zero-order chi connectivity index (χ0) is 29.7. The van der Waals surface area contributed by atoms with Crippen molar-refractivity contribution in [1.29, 1.82) is 0 Å². The highest BCUT2D eigenvalue weighted by atomic mass is 16.7. The number of carbonyl (C=O) groups is 1. The molecule has 2 heterocycles. The number of methoxy groups -OCH3 is 1. The predicted octanol–water partition coefficient (Wildman–Crippen LogP) is 2.26. The number of aliphatic hydroxyl groups is 5. The number of rotatable bonds is 11. The number of likely N-dealkylation sites (N-methyl/N-ethyl adjacent to an activating group) is 1. The van der Waals surface area contributed by atoms with Gasteiger partial charge in [-0.15, -0.1) is 0 Å². The number of nitrogens with zero attached hydrogens (tertiary/aromatic N) is 4. The van der Waals surface area contributed by atoms with Crippen LogP contribution < -0.4 is 20.7 Å². The molecule has 0 aliphatic rings. The van der Waals surface area contributed by atoms with Gasteiger partial charge in [0.1, 0.15) is 5.75 Å². The van der Waals surface area contributed by atoms with Crippen LogP contribution in [0.4, 0.5) is 23.0 Å². The number of anilines is 4. The first-order valence-corrected chi connectivity index (χ1v) is 12.4. The van der Waals surface area contributed by atoms with Crippen LogP contribution in [0.25, 0.3) is 22.2 Å². The molecule has 4 rings (SSSR count). The summed E-state index contributed by atoms with van der Waals surface area (Å²) in [4.78, 5) is 23.1. The van der Waals surface area contributed by atoms with Gasteiger partial charge in [0.15, 0.2) is 0 Å². The molecule has 0 atom stereocenters. The molecule has 0 aliphatic carbocycles. The normalized spacial score (nSPS) is 11.4. The minimum atomic E-state index is -3.12. The number of para-hydroxylation sites is 1. The topological polar surface area (TPSA) is 197 Å². The zero-order valence-corrected chi connectivity index (χ0v) is 22.5. The summed E-state index contributed by atoms with van der Waals surface area (Å²) in [6.07, 6.45) is 0.375. The number of ether oxygens (including phenoxy) is 1. The van der Waals surface area contributed by atoms with E-state index < -0.39 is 17.9 Å². The van der Waals surface area contributed by atoms with Crippen LogP contribution in [0.1, 0.15) is 0 Å². The first kappa shape index (κ1) is 29.1. The third kappa shape index (κ3) is 7.01. The Kier molecular flexibility index (Phi) is 8.59. The van der Waals surface area contributed by atoms with E-state index in [1.807, 2.05) is 19.0 Å². The van der Waals surface area contributed by atoms with Crippen molar-refractivity contribution in [2.75, 3.05) is 50.2 Å². The van der Waals surface area contributed by atoms with E-state index in [0.29, 0.717) is 64.1 Å². The quantitative estimate of drug-likeness (QED) is 0.0751. The fourth-order valence-electron chi connectivity index (χ4n) is 4.12. The van der Waals surface area contributed by atoms with Gasteiger partial charge in [-0.25, -0.2) is 9.97 Å². The molecule has 0 radical (unpaired) electrons. The van der Waals surface area contributed by atoms with Crippen LogP contribution in [0.5, 0.6) is 5.75 Å². The van der Waals surface area contributed by atoms with Crippen LogP contribution in [0.2, 0.25) is 0 Å². The molecule has 0 spiro atoms. The van der Waals surface area contributed by atoms with Crippen LogP contribution in [0.3, 0.4) is 0 Å². The maximum atomic E-state index is 12.3. The summed E-state index contributed by atoms with van der Waals surface area (Å²) >= 11 is 0. The number of hydrogen-bond donors (Lipinski definition) is 8. The van der Waals surface area contributed by atoms with Gasteiger partial charge in [-0.2, -0.15) is 0 Å². The lowest BCUT2D eigenvalue weighted by Crippen LogP contribution is -2.31. The lowest BCUT2D eigenvalue weighted by Gasteiger charge is -2.19. The van der Waals surface area contributed by atoms with Crippen molar-refractivity contribution in [3.05, 3.63) is 66.9 Å². The molecule has 0 fully saturated rings. The number of carbonyl (C=O) groups excluding carboxylic acids is 1. The van der Waals surface area contributed by atoms with E-state index in [0.717, 1.165) is 4.57 Å². The van der Waals surface area contributed by atoms with Crippen molar-refractivity contribution in [3.63, 3.8) is 0 Å². The van der Waals surface area contributed by atoms with Crippen molar-refractivity contribution in [2.24, 2.45) is 0 Å². The van der Waals surface area contributed by atoms with Gasteiger partial charge in [0, 0.05) is 42.5 Å². The number of fused-ring (bicyclic) bond motifs is 1. The van der Waals surface area contributed by atoms with Crippen molar-refractivity contribution >= 4 is 39.8 Å². The molecule has 216 valence electrons. The summed E-state index contributed by atoms with van der Waals surface area (Å²) in [5.41, 5.74) is 2.52. The van der Waals surface area contributed by atoms with E-state index in [9.17, 15) is 20.1 Å². The average molecular weight is 566 g/mol. The van der Waals surface area contributed by atoms with Gasteiger partial charge in [-0.05, 0) is 32.3 Å². The highest BCUT2D eigenvalue weighted by Gasteiger charge is 2.25. The van der Waals surface area contributed by atoms with Crippen molar-refractivity contribution in [2.45, 2.75) is 6.10 Å². The summed E-state index contributed by atoms with van der Waals surface area (Å²) in [7, 11) is 5.32.